The fourth-order valence-electron chi connectivity index (χ4n) is 2.36. The Morgan fingerprint density at radius 3 is 2.55 bits per heavy atom. The van der Waals surface area contributed by atoms with Gasteiger partial charge in [0, 0.05) is 16.3 Å². The molecule has 6 nitrogen and oxygen atoms in total. The van der Waals surface area contributed by atoms with Crippen molar-refractivity contribution in [2.24, 2.45) is 0 Å². The van der Waals surface area contributed by atoms with Gasteiger partial charge in [-0.05, 0) is 31.2 Å². The fraction of sp³-hybridized carbons (Fsp3) is 0.111. The van der Waals surface area contributed by atoms with E-state index in [4.69, 9.17) is 0 Å². The SMILES string of the molecule is Cc1csc(NC(=O)c2ccccc2Sc2ccc(C(F)(F)F)cc2[N+](=O)[O-])n1. The monoisotopic (exact) mass is 439 g/mol. The molecule has 0 atom stereocenters. The molecular weight excluding hydrogens is 427 g/mol. The Labute approximate surface area is 170 Å². The summed E-state index contributed by atoms with van der Waals surface area (Å²) in [5, 5.41) is 16.1. The van der Waals surface area contributed by atoms with Gasteiger partial charge in [0.1, 0.15) is 0 Å². The van der Waals surface area contributed by atoms with Gasteiger partial charge < -0.3 is 0 Å². The number of aromatic nitrogens is 1. The molecule has 150 valence electrons. The molecule has 0 aliphatic rings. The number of amides is 1. The van der Waals surface area contributed by atoms with Gasteiger partial charge in [0.05, 0.1) is 26.6 Å². The summed E-state index contributed by atoms with van der Waals surface area (Å²) in [6, 6.07) is 8.63. The van der Waals surface area contributed by atoms with Crippen molar-refractivity contribution in [3.63, 3.8) is 0 Å². The Morgan fingerprint density at radius 2 is 1.93 bits per heavy atom. The minimum Gasteiger partial charge on any atom is -0.298 e. The van der Waals surface area contributed by atoms with Crippen LogP contribution >= 0.6 is 23.1 Å². The maximum atomic E-state index is 12.9. The van der Waals surface area contributed by atoms with Crippen molar-refractivity contribution in [1.29, 1.82) is 0 Å². The van der Waals surface area contributed by atoms with Crippen LogP contribution < -0.4 is 5.32 Å². The van der Waals surface area contributed by atoms with Crippen LogP contribution in [0.1, 0.15) is 21.6 Å². The van der Waals surface area contributed by atoms with E-state index >= 15 is 0 Å². The molecule has 0 saturated carbocycles. The van der Waals surface area contributed by atoms with Crippen LogP contribution in [0.15, 0.2) is 57.6 Å². The quantitative estimate of drug-likeness (QED) is 0.402. The van der Waals surface area contributed by atoms with Crippen LogP contribution in [0.5, 0.6) is 0 Å². The molecule has 2 aromatic carbocycles. The molecule has 0 aliphatic carbocycles. The summed E-state index contributed by atoms with van der Waals surface area (Å²) in [5.41, 5.74) is -0.831. The molecule has 0 bridgehead atoms. The van der Waals surface area contributed by atoms with E-state index in [9.17, 15) is 28.1 Å². The minimum absolute atomic E-state index is 0.00616. The molecule has 0 unspecified atom stereocenters. The predicted octanol–water partition coefficient (Wildman–Crippen LogP) is 5.78. The van der Waals surface area contributed by atoms with Crippen LogP contribution in [-0.4, -0.2) is 15.8 Å². The highest BCUT2D eigenvalue weighted by Gasteiger charge is 2.33. The van der Waals surface area contributed by atoms with Crippen LogP contribution in [0.4, 0.5) is 24.0 Å². The second-order valence-electron chi connectivity index (χ2n) is 5.78. The molecule has 11 heteroatoms. The molecule has 1 aromatic heterocycles. The van der Waals surface area contributed by atoms with E-state index in [2.05, 4.69) is 10.3 Å². The number of rotatable bonds is 5. The summed E-state index contributed by atoms with van der Waals surface area (Å²) < 4.78 is 38.6. The van der Waals surface area contributed by atoms with E-state index in [-0.39, 0.29) is 10.5 Å². The molecule has 0 saturated heterocycles. The second-order valence-corrected chi connectivity index (χ2v) is 7.73. The first kappa shape index (κ1) is 20.8. The highest BCUT2D eigenvalue weighted by atomic mass is 32.2. The topological polar surface area (TPSA) is 85.1 Å². The maximum absolute atomic E-state index is 12.9. The molecule has 0 aliphatic heterocycles. The number of nitro benzene ring substituents is 1. The van der Waals surface area contributed by atoms with E-state index in [1.54, 1.807) is 30.5 Å². The summed E-state index contributed by atoms with van der Waals surface area (Å²) >= 11 is 2.09. The third-order valence-corrected chi connectivity index (χ3v) is 5.69. The fourth-order valence-corrected chi connectivity index (χ4v) is 4.07. The smallest absolute Gasteiger partial charge is 0.298 e. The predicted molar refractivity (Wildman–Crippen MR) is 103 cm³/mol. The van der Waals surface area contributed by atoms with E-state index < -0.39 is 28.3 Å². The lowest BCUT2D eigenvalue weighted by Crippen LogP contribution is -2.12. The highest BCUT2D eigenvalue weighted by molar-refractivity contribution is 7.99. The average Bonchev–Trinajstić information content (AvgIpc) is 3.06. The molecule has 0 spiro atoms. The van der Waals surface area contributed by atoms with Gasteiger partial charge in [-0.15, -0.1) is 11.3 Å². The van der Waals surface area contributed by atoms with Gasteiger partial charge in [-0.2, -0.15) is 13.2 Å². The molecule has 3 aromatic rings. The standard InChI is InChI=1S/C18H12F3N3O3S2/c1-10-9-28-17(22-10)23-16(25)12-4-2-3-5-14(12)29-15-7-6-11(18(19,20)21)8-13(15)24(26)27/h2-9H,1H3,(H,22,23,25). The van der Waals surface area contributed by atoms with Crippen molar-refractivity contribution < 1.29 is 22.9 Å². The van der Waals surface area contributed by atoms with Crippen molar-refractivity contribution in [2.45, 2.75) is 22.9 Å². The summed E-state index contributed by atoms with van der Waals surface area (Å²) in [5.74, 6) is -0.475. The lowest BCUT2D eigenvalue weighted by molar-refractivity contribution is -0.388. The molecule has 0 radical (unpaired) electrons. The lowest BCUT2D eigenvalue weighted by Gasteiger charge is -2.11. The molecule has 3 rings (SSSR count). The van der Waals surface area contributed by atoms with E-state index in [1.807, 2.05) is 0 Å². The van der Waals surface area contributed by atoms with Crippen molar-refractivity contribution in [2.75, 3.05) is 5.32 Å². The van der Waals surface area contributed by atoms with Gasteiger partial charge in [-0.25, -0.2) is 4.98 Å². The van der Waals surface area contributed by atoms with Gasteiger partial charge in [0.15, 0.2) is 5.13 Å². The number of nitrogens with zero attached hydrogens (tertiary/aromatic N) is 2. The number of hydrogen-bond donors (Lipinski definition) is 1. The van der Waals surface area contributed by atoms with Gasteiger partial charge in [0.2, 0.25) is 0 Å². The maximum Gasteiger partial charge on any atom is 0.416 e. The number of nitrogens with one attached hydrogen (secondary N) is 1. The molecule has 1 amide bonds. The summed E-state index contributed by atoms with van der Waals surface area (Å²) in [6.07, 6.45) is -4.70. The number of carbonyl (C=O) groups is 1. The van der Waals surface area contributed by atoms with E-state index in [1.165, 1.54) is 17.4 Å². The molecule has 1 heterocycles. The number of anilines is 1. The summed E-state index contributed by atoms with van der Waals surface area (Å²) in [4.78, 5) is 27.5. The third-order valence-electron chi connectivity index (χ3n) is 3.67. The number of aryl methyl sites for hydroxylation is 1. The second kappa shape index (κ2) is 8.21. The van der Waals surface area contributed by atoms with Crippen LogP contribution in [-0.2, 0) is 6.18 Å². The minimum atomic E-state index is -4.70. The lowest BCUT2D eigenvalue weighted by atomic mass is 10.2. The first-order valence-electron chi connectivity index (χ1n) is 8.01. The first-order valence-corrected chi connectivity index (χ1v) is 9.71. The number of benzene rings is 2. The molecule has 0 fully saturated rings. The highest BCUT2D eigenvalue weighted by Crippen LogP contribution is 2.40. The largest absolute Gasteiger partial charge is 0.416 e. The number of halogens is 3. The Balaban J connectivity index is 1.93. The summed E-state index contributed by atoms with van der Waals surface area (Å²) in [7, 11) is 0. The Hall–Kier alpha value is -2.92. The van der Waals surface area contributed by atoms with Gasteiger partial charge in [-0.1, -0.05) is 23.9 Å². The Bertz CT molecular complexity index is 1080. The van der Waals surface area contributed by atoms with Crippen LogP contribution in [0, 0.1) is 17.0 Å². The van der Waals surface area contributed by atoms with Crippen LogP contribution in [0.25, 0.3) is 0 Å². The molecular formula is C18H12F3N3O3S2. The average molecular weight is 439 g/mol. The first-order chi connectivity index (χ1) is 13.6. The van der Waals surface area contributed by atoms with Crippen molar-refractivity contribution in [3.05, 3.63) is 74.8 Å². The number of carbonyl (C=O) groups excluding carboxylic acids is 1. The van der Waals surface area contributed by atoms with Crippen molar-refractivity contribution in [1.82, 2.24) is 4.98 Å². The summed E-state index contributed by atoms with van der Waals surface area (Å²) in [6.45, 7) is 1.78. The van der Waals surface area contributed by atoms with Crippen LogP contribution in [0.3, 0.4) is 0 Å². The molecule has 1 N–H and O–H groups in total. The zero-order valence-electron chi connectivity index (χ0n) is 14.7. The van der Waals surface area contributed by atoms with Gasteiger partial charge in [-0.3, -0.25) is 20.2 Å². The molecule has 29 heavy (non-hydrogen) atoms. The number of alkyl halides is 3. The van der Waals surface area contributed by atoms with Gasteiger partial charge >= 0.3 is 6.18 Å². The number of nitro groups is 1. The number of hydrogen-bond acceptors (Lipinski definition) is 6. The van der Waals surface area contributed by atoms with E-state index in [0.717, 1.165) is 29.6 Å². The zero-order valence-corrected chi connectivity index (χ0v) is 16.3. The zero-order chi connectivity index (χ0) is 21.2. The Kier molecular flexibility index (Phi) is 5.89. The van der Waals surface area contributed by atoms with Crippen molar-refractivity contribution in [3.8, 4) is 0 Å². The third kappa shape index (κ3) is 4.93. The normalized spacial score (nSPS) is 11.3. The van der Waals surface area contributed by atoms with E-state index in [0.29, 0.717) is 16.1 Å². The Morgan fingerprint density at radius 1 is 1.21 bits per heavy atom. The number of thiazole rings is 1. The van der Waals surface area contributed by atoms with Crippen LogP contribution in [0.2, 0.25) is 0 Å². The van der Waals surface area contributed by atoms with Crippen molar-refractivity contribution >= 4 is 39.8 Å². The van der Waals surface area contributed by atoms with Gasteiger partial charge in [0.25, 0.3) is 11.6 Å².